The van der Waals surface area contributed by atoms with E-state index >= 15 is 0 Å². The molecule has 1 fully saturated rings. The first-order valence-corrected chi connectivity index (χ1v) is 12.8. The van der Waals surface area contributed by atoms with E-state index in [1.807, 2.05) is 18.2 Å². The van der Waals surface area contributed by atoms with Gasteiger partial charge < -0.3 is 20.1 Å². The van der Waals surface area contributed by atoms with Crippen LogP contribution < -0.4 is 10.1 Å². The number of piperazine rings is 1. The van der Waals surface area contributed by atoms with E-state index in [1.165, 1.54) is 11.0 Å². The van der Waals surface area contributed by atoms with Crippen molar-refractivity contribution in [2.75, 3.05) is 66.1 Å². The van der Waals surface area contributed by atoms with Crippen LogP contribution in [0.2, 0.25) is 15.1 Å². The molecule has 0 spiro atoms. The molecule has 36 heavy (non-hydrogen) atoms. The molecule has 0 radical (unpaired) electrons. The Bertz CT molecular complexity index is 1050. The number of amides is 2. The van der Waals surface area contributed by atoms with Crippen molar-refractivity contribution in [2.45, 2.75) is 6.54 Å². The van der Waals surface area contributed by atoms with Crippen LogP contribution in [0.3, 0.4) is 0 Å². The van der Waals surface area contributed by atoms with Gasteiger partial charge in [0.05, 0.1) is 22.2 Å². The minimum atomic E-state index is -0.311. The predicted octanol–water partition coefficient (Wildman–Crippen LogP) is 3.02. The molecule has 0 aliphatic carbocycles. The first-order chi connectivity index (χ1) is 17.3. The second-order valence-electron chi connectivity index (χ2n) is 8.59. The van der Waals surface area contributed by atoms with Gasteiger partial charge in [-0.15, -0.1) is 0 Å². The second-order valence-corrected chi connectivity index (χ2v) is 9.84. The minimum Gasteiger partial charge on any atom is -0.483 e. The third-order valence-electron chi connectivity index (χ3n) is 5.97. The average Bonchev–Trinajstić information content (AvgIpc) is 2.86. The summed E-state index contributed by atoms with van der Waals surface area (Å²) in [6, 6.07) is 10.4. The van der Waals surface area contributed by atoms with Crippen LogP contribution in [0.4, 0.5) is 0 Å². The van der Waals surface area contributed by atoms with E-state index in [0.717, 1.165) is 44.8 Å². The quantitative estimate of drug-likeness (QED) is 0.442. The first kappa shape index (κ1) is 28.5. The highest BCUT2D eigenvalue weighted by molar-refractivity contribution is 6.42. The Labute approximate surface area is 226 Å². The Morgan fingerprint density at radius 3 is 2.44 bits per heavy atom. The van der Waals surface area contributed by atoms with Crippen molar-refractivity contribution >= 4 is 46.6 Å². The molecule has 2 aromatic rings. The molecule has 1 heterocycles. The molecule has 0 unspecified atom stereocenters. The highest BCUT2D eigenvalue weighted by Gasteiger charge is 2.19. The highest BCUT2D eigenvalue weighted by atomic mass is 35.5. The maximum absolute atomic E-state index is 12.8. The number of halogens is 3. The fourth-order valence-electron chi connectivity index (χ4n) is 3.82. The molecule has 3 rings (SSSR count). The molecule has 0 bridgehead atoms. The third kappa shape index (κ3) is 8.50. The predicted molar refractivity (Wildman–Crippen MR) is 142 cm³/mol. The standard InChI is InChI=1S/C25H31Cl3N4O4/c1-30(12-13-33)24(34)17-36-23-15-19(26)3-4-20(23)25(35)29-6-7-31-8-10-32(11-9-31)16-18-2-5-21(27)22(28)14-18/h2-5,14-15,33H,6-13,16-17H2,1H3,(H,29,35). The Morgan fingerprint density at radius 1 is 1.03 bits per heavy atom. The molecule has 1 aliphatic rings. The Kier molecular flexibility index (Phi) is 11.1. The smallest absolute Gasteiger partial charge is 0.260 e. The molecular formula is C25H31Cl3N4O4. The molecule has 196 valence electrons. The van der Waals surface area contributed by atoms with Gasteiger partial charge in [-0.05, 0) is 35.9 Å². The SMILES string of the molecule is CN(CCO)C(=O)COc1cc(Cl)ccc1C(=O)NCCN1CCN(Cc2ccc(Cl)c(Cl)c2)CC1. The summed E-state index contributed by atoms with van der Waals surface area (Å²) in [5.41, 5.74) is 1.44. The molecule has 8 nitrogen and oxygen atoms in total. The van der Waals surface area contributed by atoms with Crippen LogP contribution in [0.5, 0.6) is 5.75 Å². The number of ether oxygens (including phenoxy) is 1. The number of nitrogens with zero attached hydrogens (tertiary/aromatic N) is 3. The first-order valence-electron chi connectivity index (χ1n) is 11.7. The molecule has 2 amide bonds. The van der Waals surface area contributed by atoms with Crippen LogP contribution in [0.15, 0.2) is 36.4 Å². The zero-order valence-electron chi connectivity index (χ0n) is 20.2. The van der Waals surface area contributed by atoms with Gasteiger partial charge in [-0.3, -0.25) is 19.4 Å². The minimum absolute atomic E-state index is 0.140. The summed E-state index contributed by atoms with van der Waals surface area (Å²) in [5, 5.41) is 13.4. The summed E-state index contributed by atoms with van der Waals surface area (Å²) in [6.45, 7) is 5.46. The van der Waals surface area contributed by atoms with Gasteiger partial charge in [0.15, 0.2) is 6.61 Å². The largest absolute Gasteiger partial charge is 0.483 e. The number of nitrogens with one attached hydrogen (secondary N) is 1. The molecule has 0 atom stereocenters. The number of likely N-dealkylation sites (N-methyl/N-ethyl adjacent to an activating group) is 1. The van der Waals surface area contributed by atoms with Crippen LogP contribution in [-0.4, -0.2) is 97.7 Å². The van der Waals surface area contributed by atoms with Gasteiger partial charge in [0.2, 0.25) is 0 Å². The van der Waals surface area contributed by atoms with Crippen molar-refractivity contribution in [2.24, 2.45) is 0 Å². The lowest BCUT2D eigenvalue weighted by molar-refractivity contribution is -0.132. The van der Waals surface area contributed by atoms with Gasteiger partial charge in [0.25, 0.3) is 11.8 Å². The number of hydrogen-bond donors (Lipinski definition) is 2. The molecule has 0 aromatic heterocycles. The number of rotatable bonds is 11. The molecule has 1 aliphatic heterocycles. The van der Waals surface area contributed by atoms with Crippen molar-refractivity contribution < 1.29 is 19.4 Å². The summed E-state index contributed by atoms with van der Waals surface area (Å²) >= 11 is 18.2. The lowest BCUT2D eigenvalue weighted by Crippen LogP contribution is -2.48. The average molecular weight is 558 g/mol. The van der Waals surface area contributed by atoms with E-state index in [0.29, 0.717) is 27.2 Å². The van der Waals surface area contributed by atoms with Crippen LogP contribution in [0, 0.1) is 0 Å². The maximum Gasteiger partial charge on any atom is 0.260 e. The summed E-state index contributed by atoms with van der Waals surface area (Å²) < 4.78 is 5.59. The van der Waals surface area contributed by atoms with Gasteiger partial charge in [-0.1, -0.05) is 40.9 Å². The number of aliphatic hydroxyl groups excluding tert-OH is 1. The van der Waals surface area contributed by atoms with Gasteiger partial charge in [-0.2, -0.15) is 0 Å². The topological polar surface area (TPSA) is 85.3 Å². The number of benzene rings is 2. The van der Waals surface area contributed by atoms with Gasteiger partial charge in [0, 0.05) is 64.4 Å². The second kappa shape index (κ2) is 14.0. The number of carbonyl (C=O) groups is 2. The van der Waals surface area contributed by atoms with E-state index in [1.54, 1.807) is 19.2 Å². The summed E-state index contributed by atoms with van der Waals surface area (Å²) in [7, 11) is 1.57. The molecular weight excluding hydrogens is 527 g/mol. The highest BCUT2D eigenvalue weighted by Crippen LogP contribution is 2.24. The van der Waals surface area contributed by atoms with Gasteiger partial charge >= 0.3 is 0 Å². The Hall–Kier alpha value is -2.07. The summed E-state index contributed by atoms with van der Waals surface area (Å²) in [4.78, 5) is 30.9. The summed E-state index contributed by atoms with van der Waals surface area (Å²) in [6.07, 6.45) is 0. The lowest BCUT2D eigenvalue weighted by Gasteiger charge is -2.34. The third-order valence-corrected chi connectivity index (χ3v) is 6.94. The van der Waals surface area contributed by atoms with E-state index in [-0.39, 0.29) is 37.3 Å². The fourth-order valence-corrected chi connectivity index (χ4v) is 4.30. The van der Waals surface area contributed by atoms with Crippen molar-refractivity contribution in [3.63, 3.8) is 0 Å². The van der Waals surface area contributed by atoms with Gasteiger partial charge in [-0.25, -0.2) is 0 Å². The van der Waals surface area contributed by atoms with Crippen LogP contribution >= 0.6 is 34.8 Å². The number of hydrogen-bond acceptors (Lipinski definition) is 6. The van der Waals surface area contributed by atoms with Crippen molar-refractivity contribution in [3.05, 3.63) is 62.6 Å². The van der Waals surface area contributed by atoms with Gasteiger partial charge in [0.1, 0.15) is 5.75 Å². The molecule has 2 N–H and O–H groups in total. The lowest BCUT2D eigenvalue weighted by atomic mass is 10.2. The van der Waals surface area contributed by atoms with E-state index in [2.05, 4.69) is 15.1 Å². The van der Waals surface area contributed by atoms with E-state index in [9.17, 15) is 9.59 Å². The zero-order valence-corrected chi connectivity index (χ0v) is 22.5. The van der Waals surface area contributed by atoms with Crippen LogP contribution in [0.1, 0.15) is 15.9 Å². The molecule has 0 saturated carbocycles. The summed E-state index contributed by atoms with van der Waals surface area (Å²) in [5.74, 6) is -0.369. The molecule has 11 heteroatoms. The zero-order chi connectivity index (χ0) is 26.1. The monoisotopic (exact) mass is 556 g/mol. The van der Waals surface area contributed by atoms with Crippen molar-refractivity contribution in [1.82, 2.24) is 20.0 Å². The normalized spacial score (nSPS) is 14.5. The fraction of sp³-hybridized carbons (Fsp3) is 0.440. The van der Waals surface area contributed by atoms with E-state index < -0.39 is 0 Å². The Morgan fingerprint density at radius 2 is 1.75 bits per heavy atom. The van der Waals surface area contributed by atoms with Crippen LogP contribution in [0.25, 0.3) is 0 Å². The van der Waals surface area contributed by atoms with E-state index in [4.69, 9.17) is 44.6 Å². The number of carbonyl (C=O) groups excluding carboxylic acids is 2. The number of aliphatic hydroxyl groups is 1. The maximum atomic E-state index is 12.8. The van der Waals surface area contributed by atoms with Crippen molar-refractivity contribution in [3.8, 4) is 5.75 Å². The van der Waals surface area contributed by atoms with Crippen molar-refractivity contribution in [1.29, 1.82) is 0 Å². The Balaban J connectivity index is 1.44. The molecule has 1 saturated heterocycles. The molecule has 2 aromatic carbocycles. The van der Waals surface area contributed by atoms with Crippen LogP contribution in [-0.2, 0) is 11.3 Å².